The highest BCUT2D eigenvalue weighted by atomic mass is 35.5. The molecule has 1 aliphatic heterocycles. The molecule has 20 heavy (non-hydrogen) atoms. The third kappa shape index (κ3) is 4.02. The Bertz CT molecular complexity index is 470. The van der Waals surface area contributed by atoms with Gasteiger partial charge in [-0.05, 0) is 24.6 Å². The summed E-state index contributed by atoms with van der Waals surface area (Å²) < 4.78 is 5.39. The quantitative estimate of drug-likeness (QED) is 0.668. The predicted octanol–water partition coefficient (Wildman–Crippen LogP) is 1.76. The van der Waals surface area contributed by atoms with E-state index in [1.807, 2.05) is 19.0 Å². The molecular formula is C14H23ClN4O. The molecule has 1 heterocycles. The molecule has 112 valence electrons. The van der Waals surface area contributed by atoms with Crippen LogP contribution in [0.4, 0.5) is 11.4 Å². The van der Waals surface area contributed by atoms with Crippen LogP contribution >= 0.6 is 12.4 Å². The van der Waals surface area contributed by atoms with Crippen LogP contribution in [0.5, 0.6) is 0 Å². The summed E-state index contributed by atoms with van der Waals surface area (Å²) in [6.45, 7) is 5.38. The summed E-state index contributed by atoms with van der Waals surface area (Å²) in [5.74, 6) is 0.514. The molecule has 1 aliphatic rings. The van der Waals surface area contributed by atoms with E-state index in [4.69, 9.17) is 10.5 Å². The molecule has 0 atom stereocenters. The van der Waals surface area contributed by atoms with Crippen LogP contribution in [0.3, 0.4) is 0 Å². The molecule has 0 bridgehead atoms. The van der Waals surface area contributed by atoms with E-state index in [9.17, 15) is 0 Å². The predicted molar refractivity (Wildman–Crippen MR) is 86.4 cm³/mol. The van der Waals surface area contributed by atoms with Crippen LogP contribution in [0.1, 0.15) is 5.56 Å². The normalized spacial score (nSPS) is 15.8. The summed E-state index contributed by atoms with van der Waals surface area (Å²) in [5, 5.41) is 0. The molecule has 0 amide bonds. The van der Waals surface area contributed by atoms with Crippen LogP contribution < -0.4 is 10.6 Å². The number of guanidine groups is 1. The van der Waals surface area contributed by atoms with Gasteiger partial charge in [0.1, 0.15) is 0 Å². The Balaban J connectivity index is 0.00000200. The molecule has 6 heteroatoms. The second-order valence-corrected chi connectivity index (χ2v) is 4.96. The molecule has 0 unspecified atom stereocenters. The summed E-state index contributed by atoms with van der Waals surface area (Å²) in [4.78, 5) is 8.64. The Morgan fingerprint density at radius 3 is 2.55 bits per heavy atom. The molecule has 1 saturated heterocycles. The molecule has 0 radical (unpaired) electrons. The highest BCUT2D eigenvalue weighted by molar-refractivity contribution is 5.85. The van der Waals surface area contributed by atoms with Gasteiger partial charge >= 0.3 is 0 Å². The molecule has 0 aliphatic carbocycles. The van der Waals surface area contributed by atoms with E-state index in [0.717, 1.165) is 37.7 Å². The minimum absolute atomic E-state index is 0. The number of anilines is 1. The fourth-order valence-electron chi connectivity index (χ4n) is 2.02. The van der Waals surface area contributed by atoms with Crippen molar-refractivity contribution in [1.82, 2.24) is 4.90 Å². The van der Waals surface area contributed by atoms with Gasteiger partial charge in [-0.3, -0.25) is 0 Å². The first-order chi connectivity index (χ1) is 9.08. The maximum absolute atomic E-state index is 5.93. The standard InChI is InChI=1S/C14H22N4O.ClH/c1-11-4-5-13(18-6-8-19-9-7-18)12(10-11)16-14(15)17(2)3;/h4-5,10H,6-9H2,1-3H3,(H2,15,16);1H. The molecule has 1 fully saturated rings. The first-order valence-corrected chi connectivity index (χ1v) is 6.53. The number of rotatable bonds is 2. The van der Waals surface area contributed by atoms with Crippen LogP contribution in [-0.2, 0) is 4.74 Å². The lowest BCUT2D eigenvalue weighted by Crippen LogP contribution is -2.36. The zero-order valence-electron chi connectivity index (χ0n) is 12.3. The van der Waals surface area contributed by atoms with Gasteiger partial charge in [0.05, 0.1) is 24.6 Å². The molecule has 0 spiro atoms. The number of ether oxygens (including phenoxy) is 1. The molecule has 2 N–H and O–H groups in total. The van der Waals surface area contributed by atoms with Gasteiger partial charge in [-0.2, -0.15) is 0 Å². The fraction of sp³-hybridized carbons (Fsp3) is 0.500. The van der Waals surface area contributed by atoms with E-state index >= 15 is 0 Å². The molecule has 5 nitrogen and oxygen atoms in total. The van der Waals surface area contributed by atoms with Gasteiger partial charge in [0.2, 0.25) is 0 Å². The number of nitrogens with zero attached hydrogens (tertiary/aromatic N) is 3. The SMILES string of the molecule is Cc1ccc(N2CCOCC2)c(N=C(N)N(C)C)c1.Cl. The number of benzene rings is 1. The Kier molecular flexibility index (Phi) is 6.10. The third-order valence-corrected chi connectivity index (χ3v) is 3.18. The van der Waals surface area contributed by atoms with Crippen LogP contribution in [0, 0.1) is 6.92 Å². The zero-order chi connectivity index (χ0) is 13.8. The topological polar surface area (TPSA) is 54.1 Å². The lowest BCUT2D eigenvalue weighted by atomic mass is 10.1. The number of nitrogens with two attached hydrogens (primary N) is 1. The number of aryl methyl sites for hydroxylation is 1. The Morgan fingerprint density at radius 1 is 1.30 bits per heavy atom. The van der Waals surface area contributed by atoms with Crippen LogP contribution in [-0.4, -0.2) is 51.3 Å². The van der Waals surface area contributed by atoms with Crippen molar-refractivity contribution in [3.05, 3.63) is 23.8 Å². The van der Waals surface area contributed by atoms with Crippen molar-refractivity contribution in [3.8, 4) is 0 Å². The van der Waals surface area contributed by atoms with E-state index < -0.39 is 0 Å². The van der Waals surface area contributed by atoms with Crippen molar-refractivity contribution in [1.29, 1.82) is 0 Å². The lowest BCUT2D eigenvalue weighted by Gasteiger charge is -2.30. The first kappa shape index (κ1) is 16.6. The Labute approximate surface area is 126 Å². The van der Waals surface area contributed by atoms with E-state index in [-0.39, 0.29) is 12.4 Å². The van der Waals surface area contributed by atoms with Crippen LogP contribution in [0.2, 0.25) is 0 Å². The maximum Gasteiger partial charge on any atom is 0.196 e. The molecular weight excluding hydrogens is 276 g/mol. The van der Waals surface area contributed by atoms with Crippen molar-refractivity contribution >= 4 is 29.7 Å². The zero-order valence-corrected chi connectivity index (χ0v) is 13.1. The number of morpholine rings is 1. The van der Waals surface area contributed by atoms with Crippen molar-refractivity contribution < 1.29 is 4.74 Å². The minimum Gasteiger partial charge on any atom is -0.378 e. The van der Waals surface area contributed by atoms with Gasteiger partial charge in [-0.15, -0.1) is 12.4 Å². The summed E-state index contributed by atoms with van der Waals surface area (Å²) in [7, 11) is 3.78. The van der Waals surface area contributed by atoms with Crippen molar-refractivity contribution in [2.75, 3.05) is 45.3 Å². The highest BCUT2D eigenvalue weighted by Crippen LogP contribution is 2.30. The Hall–Kier alpha value is -1.46. The number of hydrogen-bond acceptors (Lipinski definition) is 3. The van der Waals surface area contributed by atoms with Gasteiger partial charge < -0.3 is 20.3 Å². The van der Waals surface area contributed by atoms with E-state index in [2.05, 4.69) is 35.0 Å². The van der Waals surface area contributed by atoms with E-state index in [1.54, 1.807) is 0 Å². The first-order valence-electron chi connectivity index (χ1n) is 6.53. The number of aliphatic imine (C=N–C) groups is 1. The van der Waals surface area contributed by atoms with Gasteiger partial charge in [-0.1, -0.05) is 6.07 Å². The van der Waals surface area contributed by atoms with Gasteiger partial charge in [0.25, 0.3) is 0 Å². The van der Waals surface area contributed by atoms with Gasteiger partial charge in [-0.25, -0.2) is 4.99 Å². The average molecular weight is 299 g/mol. The minimum atomic E-state index is 0. The molecule has 2 rings (SSSR count). The van der Waals surface area contributed by atoms with E-state index in [1.165, 1.54) is 5.56 Å². The largest absolute Gasteiger partial charge is 0.378 e. The fourth-order valence-corrected chi connectivity index (χ4v) is 2.02. The Morgan fingerprint density at radius 2 is 1.95 bits per heavy atom. The molecule has 1 aromatic rings. The lowest BCUT2D eigenvalue weighted by molar-refractivity contribution is 0.123. The van der Waals surface area contributed by atoms with E-state index in [0.29, 0.717) is 5.96 Å². The maximum atomic E-state index is 5.93. The smallest absolute Gasteiger partial charge is 0.196 e. The molecule has 0 aromatic heterocycles. The molecule has 0 saturated carbocycles. The summed E-state index contributed by atoms with van der Waals surface area (Å²) >= 11 is 0. The number of hydrogen-bond donors (Lipinski definition) is 1. The van der Waals surface area contributed by atoms with Gasteiger partial charge in [0.15, 0.2) is 5.96 Å². The average Bonchev–Trinajstić information content (AvgIpc) is 2.39. The summed E-state index contributed by atoms with van der Waals surface area (Å²) in [6, 6.07) is 6.29. The van der Waals surface area contributed by atoms with Gasteiger partial charge in [0, 0.05) is 27.2 Å². The van der Waals surface area contributed by atoms with Crippen molar-refractivity contribution in [2.45, 2.75) is 6.92 Å². The summed E-state index contributed by atoms with van der Waals surface area (Å²) in [6.07, 6.45) is 0. The van der Waals surface area contributed by atoms with Crippen LogP contribution in [0.15, 0.2) is 23.2 Å². The third-order valence-electron chi connectivity index (χ3n) is 3.18. The van der Waals surface area contributed by atoms with Crippen LogP contribution in [0.25, 0.3) is 0 Å². The summed E-state index contributed by atoms with van der Waals surface area (Å²) in [5.41, 5.74) is 9.16. The number of halogens is 1. The second-order valence-electron chi connectivity index (χ2n) is 4.96. The second kappa shape index (κ2) is 7.36. The highest BCUT2D eigenvalue weighted by Gasteiger charge is 2.15. The van der Waals surface area contributed by atoms with Crippen molar-refractivity contribution in [3.63, 3.8) is 0 Å². The molecule has 1 aromatic carbocycles. The van der Waals surface area contributed by atoms with Crippen molar-refractivity contribution in [2.24, 2.45) is 10.7 Å². The monoisotopic (exact) mass is 298 g/mol.